The largest absolute Gasteiger partial charge is 0.332 e. The van der Waals surface area contributed by atoms with Gasteiger partial charge in [0.1, 0.15) is 0 Å². The number of ketones is 2. The van der Waals surface area contributed by atoms with Crippen molar-refractivity contribution in [1.29, 1.82) is 0 Å². The van der Waals surface area contributed by atoms with Gasteiger partial charge in [0.2, 0.25) is 5.78 Å². The van der Waals surface area contributed by atoms with Crippen molar-refractivity contribution in [2.45, 2.75) is 37.3 Å². The summed E-state index contributed by atoms with van der Waals surface area (Å²) in [4.78, 5) is 43.3. The van der Waals surface area contributed by atoms with E-state index in [-0.39, 0.29) is 22.5 Å². The zero-order chi connectivity index (χ0) is 26.4. The standard InChI is InChI=1S/C31H27NO4S/c1-20-8-4-6-10-27(20)29(32-36-22(3)33)31(35)24-14-18-26(19-15-24)37-25-16-12-23(13-17-25)30(34)28-11-7-5-9-21(28)2/h4-18,26H,19H2,1-3H3/b32-29-. The summed E-state index contributed by atoms with van der Waals surface area (Å²) < 4.78 is 0. The van der Waals surface area contributed by atoms with Crippen molar-refractivity contribution in [2.24, 2.45) is 5.16 Å². The Kier molecular flexibility index (Phi) is 8.31. The summed E-state index contributed by atoms with van der Waals surface area (Å²) in [7, 11) is 0. The van der Waals surface area contributed by atoms with Gasteiger partial charge in [0, 0.05) is 39.3 Å². The SMILES string of the molecule is CC(=O)O/N=C(\C(=O)C1=CCC(Sc2ccc(C(=O)c3ccccc3C)cc2)C=C1)c1ccccc1C. The molecule has 0 heterocycles. The van der Waals surface area contributed by atoms with E-state index in [2.05, 4.69) is 5.16 Å². The van der Waals surface area contributed by atoms with Gasteiger partial charge < -0.3 is 4.84 Å². The Bertz CT molecular complexity index is 1430. The number of allylic oxidation sites excluding steroid dienone is 3. The van der Waals surface area contributed by atoms with Gasteiger partial charge >= 0.3 is 5.97 Å². The Morgan fingerprint density at radius 2 is 1.49 bits per heavy atom. The second kappa shape index (κ2) is 11.8. The Morgan fingerprint density at radius 1 is 0.865 bits per heavy atom. The van der Waals surface area contributed by atoms with Crippen LogP contribution in [0.5, 0.6) is 0 Å². The van der Waals surface area contributed by atoms with Crippen LogP contribution in [-0.2, 0) is 14.4 Å². The Morgan fingerprint density at radius 3 is 2.05 bits per heavy atom. The lowest BCUT2D eigenvalue weighted by Crippen LogP contribution is -2.20. The number of nitrogens with zero attached hydrogens (tertiary/aromatic N) is 1. The number of aryl methyl sites for hydroxylation is 2. The number of thioether (sulfide) groups is 1. The van der Waals surface area contributed by atoms with Crippen molar-refractivity contribution in [2.75, 3.05) is 0 Å². The normalized spacial score (nSPS) is 15.2. The first-order valence-electron chi connectivity index (χ1n) is 11.9. The van der Waals surface area contributed by atoms with Crippen molar-refractivity contribution in [3.8, 4) is 0 Å². The maximum Gasteiger partial charge on any atom is 0.332 e. The highest BCUT2D eigenvalue weighted by molar-refractivity contribution is 8.00. The highest BCUT2D eigenvalue weighted by Crippen LogP contribution is 2.30. The minimum absolute atomic E-state index is 0.0122. The summed E-state index contributed by atoms with van der Waals surface area (Å²) in [5, 5.41) is 4.02. The lowest BCUT2D eigenvalue weighted by atomic mass is 9.94. The van der Waals surface area contributed by atoms with Crippen LogP contribution in [0.15, 0.2) is 107 Å². The van der Waals surface area contributed by atoms with Crippen LogP contribution in [0.2, 0.25) is 0 Å². The van der Waals surface area contributed by atoms with Gasteiger partial charge in [0.25, 0.3) is 0 Å². The summed E-state index contributed by atoms with van der Waals surface area (Å²) in [6, 6.07) is 22.6. The molecule has 0 aromatic heterocycles. The molecule has 0 radical (unpaired) electrons. The molecule has 0 aliphatic heterocycles. The second-order valence-electron chi connectivity index (χ2n) is 8.75. The summed E-state index contributed by atoms with van der Waals surface area (Å²) >= 11 is 1.67. The predicted molar refractivity (Wildman–Crippen MR) is 147 cm³/mol. The molecule has 3 aromatic rings. The van der Waals surface area contributed by atoms with E-state index in [9.17, 15) is 14.4 Å². The molecule has 0 saturated carbocycles. The van der Waals surface area contributed by atoms with Gasteiger partial charge in [-0.2, -0.15) is 0 Å². The smallest absolute Gasteiger partial charge is 0.318 e. The third-order valence-corrected chi connectivity index (χ3v) is 7.19. The Labute approximate surface area is 220 Å². The fourth-order valence-corrected chi connectivity index (χ4v) is 4.99. The van der Waals surface area contributed by atoms with E-state index >= 15 is 0 Å². The van der Waals surface area contributed by atoms with Gasteiger partial charge in [0.05, 0.1) is 0 Å². The third kappa shape index (κ3) is 6.40. The average molecular weight is 510 g/mol. The summed E-state index contributed by atoms with van der Waals surface area (Å²) in [5.41, 5.74) is 4.41. The van der Waals surface area contributed by atoms with Crippen LogP contribution in [0.4, 0.5) is 0 Å². The summed E-state index contributed by atoms with van der Waals surface area (Å²) in [6.07, 6.45) is 6.32. The quantitative estimate of drug-likeness (QED) is 0.152. The van der Waals surface area contributed by atoms with Gasteiger partial charge in [-0.15, -0.1) is 11.8 Å². The molecule has 4 rings (SSSR count). The second-order valence-corrected chi connectivity index (χ2v) is 10.1. The molecule has 0 fully saturated rings. The molecule has 1 aliphatic rings. The number of carbonyl (C=O) groups excluding carboxylic acids is 3. The van der Waals surface area contributed by atoms with Crippen molar-refractivity contribution >= 4 is 35.0 Å². The van der Waals surface area contributed by atoms with Crippen LogP contribution in [0.3, 0.4) is 0 Å². The first-order chi connectivity index (χ1) is 17.8. The average Bonchev–Trinajstić information content (AvgIpc) is 2.90. The predicted octanol–water partition coefficient (Wildman–Crippen LogP) is 6.42. The van der Waals surface area contributed by atoms with Gasteiger partial charge in [-0.25, -0.2) is 4.79 Å². The molecule has 186 valence electrons. The van der Waals surface area contributed by atoms with Crippen LogP contribution >= 0.6 is 11.8 Å². The minimum Gasteiger partial charge on any atom is -0.318 e. The Hall–Kier alpha value is -4.03. The summed E-state index contributed by atoms with van der Waals surface area (Å²) in [6.45, 7) is 5.06. The number of rotatable bonds is 8. The Balaban J connectivity index is 1.43. The van der Waals surface area contributed by atoms with Crippen LogP contribution in [0.1, 0.15) is 46.0 Å². The molecule has 0 spiro atoms. The van der Waals surface area contributed by atoms with Gasteiger partial charge in [-0.1, -0.05) is 71.9 Å². The van der Waals surface area contributed by atoms with E-state index in [0.717, 1.165) is 16.0 Å². The van der Waals surface area contributed by atoms with Crippen LogP contribution < -0.4 is 0 Å². The number of hydrogen-bond acceptors (Lipinski definition) is 6. The molecule has 37 heavy (non-hydrogen) atoms. The zero-order valence-corrected chi connectivity index (χ0v) is 21.7. The van der Waals surface area contributed by atoms with Crippen molar-refractivity contribution in [1.82, 2.24) is 0 Å². The van der Waals surface area contributed by atoms with Crippen molar-refractivity contribution < 1.29 is 19.2 Å². The number of hydrogen-bond donors (Lipinski definition) is 0. The van der Waals surface area contributed by atoms with E-state index in [1.807, 2.05) is 92.7 Å². The van der Waals surface area contributed by atoms with Gasteiger partial charge in [0.15, 0.2) is 11.5 Å². The maximum atomic E-state index is 13.3. The lowest BCUT2D eigenvalue weighted by Gasteiger charge is -2.16. The van der Waals surface area contributed by atoms with E-state index in [1.54, 1.807) is 23.9 Å². The molecule has 1 unspecified atom stereocenters. The fourth-order valence-electron chi connectivity index (χ4n) is 4.00. The monoisotopic (exact) mass is 509 g/mol. The molecule has 1 atom stereocenters. The van der Waals surface area contributed by atoms with E-state index in [1.165, 1.54) is 6.92 Å². The van der Waals surface area contributed by atoms with E-state index < -0.39 is 5.97 Å². The van der Waals surface area contributed by atoms with E-state index in [0.29, 0.717) is 28.7 Å². The zero-order valence-electron chi connectivity index (χ0n) is 20.9. The topological polar surface area (TPSA) is 72.8 Å². The molecule has 0 bridgehead atoms. The molecule has 0 saturated heterocycles. The number of carbonyl (C=O) groups is 3. The van der Waals surface area contributed by atoms with Crippen molar-refractivity contribution in [3.05, 3.63) is 124 Å². The third-order valence-electron chi connectivity index (χ3n) is 6.00. The highest BCUT2D eigenvalue weighted by atomic mass is 32.2. The van der Waals surface area contributed by atoms with Crippen LogP contribution in [0.25, 0.3) is 0 Å². The van der Waals surface area contributed by atoms with Crippen LogP contribution in [0, 0.1) is 13.8 Å². The first kappa shape index (κ1) is 26.0. The molecule has 0 N–H and O–H groups in total. The fraction of sp³-hybridized carbons (Fsp3) is 0.161. The number of benzene rings is 3. The van der Waals surface area contributed by atoms with Gasteiger partial charge in [-0.05, 0) is 55.7 Å². The maximum absolute atomic E-state index is 13.3. The highest BCUT2D eigenvalue weighted by Gasteiger charge is 2.23. The number of Topliss-reactive ketones (excluding diaryl/α,β-unsaturated/α-hetero) is 1. The van der Waals surface area contributed by atoms with E-state index in [4.69, 9.17) is 4.84 Å². The molecule has 6 heteroatoms. The minimum atomic E-state index is -0.588. The van der Waals surface area contributed by atoms with Gasteiger partial charge in [-0.3, -0.25) is 9.59 Å². The molecular weight excluding hydrogens is 482 g/mol. The lowest BCUT2D eigenvalue weighted by molar-refractivity contribution is -0.140. The molecular formula is C31H27NO4S. The summed E-state index contributed by atoms with van der Waals surface area (Å²) in [5.74, 6) is -0.873. The van der Waals surface area contributed by atoms with Crippen LogP contribution in [-0.4, -0.2) is 28.5 Å². The molecule has 0 amide bonds. The molecule has 1 aliphatic carbocycles. The number of oxime groups is 1. The molecule has 5 nitrogen and oxygen atoms in total. The first-order valence-corrected chi connectivity index (χ1v) is 12.8. The van der Waals surface area contributed by atoms with Crippen molar-refractivity contribution in [3.63, 3.8) is 0 Å². The molecule has 3 aromatic carbocycles.